The van der Waals surface area contributed by atoms with Gasteiger partial charge in [-0.15, -0.1) is 0 Å². The van der Waals surface area contributed by atoms with Gasteiger partial charge in [0.2, 0.25) is 0 Å². The zero-order valence-electron chi connectivity index (χ0n) is 11.6. The molecule has 2 nitrogen and oxygen atoms in total. The Balaban J connectivity index is 2.04. The van der Waals surface area contributed by atoms with Crippen molar-refractivity contribution in [3.8, 4) is 0 Å². The summed E-state index contributed by atoms with van der Waals surface area (Å²) in [5, 5.41) is 0. The molecule has 96 valence electrons. The van der Waals surface area contributed by atoms with Crippen LogP contribution in [0.3, 0.4) is 0 Å². The van der Waals surface area contributed by atoms with Crippen LogP contribution in [0, 0.1) is 20.8 Å². The lowest BCUT2D eigenvalue weighted by molar-refractivity contribution is 0.823. The molecule has 0 aliphatic carbocycles. The Morgan fingerprint density at radius 2 is 1.79 bits per heavy atom. The number of aromatic nitrogens is 2. The molecule has 3 aromatic rings. The SMILES string of the molecule is Cc1cccc(Cn2cnc3cc(C)c(C)cc32)c1. The van der Waals surface area contributed by atoms with Gasteiger partial charge in [0.15, 0.2) is 0 Å². The summed E-state index contributed by atoms with van der Waals surface area (Å²) in [6, 6.07) is 13.0. The molecule has 0 saturated heterocycles. The molecule has 0 fully saturated rings. The average molecular weight is 250 g/mol. The van der Waals surface area contributed by atoms with E-state index in [-0.39, 0.29) is 0 Å². The number of nitrogens with zero attached hydrogens (tertiary/aromatic N) is 2. The molecule has 0 spiro atoms. The minimum atomic E-state index is 0.876. The molecule has 1 aromatic heterocycles. The fourth-order valence-electron chi connectivity index (χ4n) is 2.45. The molecule has 0 N–H and O–H groups in total. The zero-order valence-corrected chi connectivity index (χ0v) is 11.6. The summed E-state index contributed by atoms with van der Waals surface area (Å²) in [6.45, 7) is 7.29. The average Bonchev–Trinajstić information content (AvgIpc) is 2.73. The van der Waals surface area contributed by atoms with Gasteiger partial charge in [-0.1, -0.05) is 29.8 Å². The van der Waals surface area contributed by atoms with Crippen molar-refractivity contribution in [1.82, 2.24) is 9.55 Å². The summed E-state index contributed by atoms with van der Waals surface area (Å²) in [5.41, 5.74) is 7.53. The lowest BCUT2D eigenvalue weighted by atomic mass is 10.1. The summed E-state index contributed by atoms with van der Waals surface area (Å²) in [4.78, 5) is 4.50. The van der Waals surface area contributed by atoms with Crippen LogP contribution < -0.4 is 0 Å². The van der Waals surface area contributed by atoms with E-state index in [0.717, 1.165) is 12.1 Å². The number of hydrogen-bond donors (Lipinski definition) is 0. The van der Waals surface area contributed by atoms with Crippen LogP contribution in [0.25, 0.3) is 11.0 Å². The van der Waals surface area contributed by atoms with Crippen molar-refractivity contribution in [3.05, 3.63) is 65.0 Å². The van der Waals surface area contributed by atoms with Crippen molar-refractivity contribution < 1.29 is 0 Å². The fraction of sp³-hybridized carbons (Fsp3) is 0.235. The second kappa shape index (κ2) is 4.54. The summed E-state index contributed by atoms with van der Waals surface area (Å²) in [7, 11) is 0. The van der Waals surface area contributed by atoms with Crippen LogP contribution in [-0.4, -0.2) is 9.55 Å². The Kier molecular flexibility index (Phi) is 2.86. The van der Waals surface area contributed by atoms with Crippen LogP contribution in [0.15, 0.2) is 42.7 Å². The number of benzene rings is 2. The van der Waals surface area contributed by atoms with Crippen molar-refractivity contribution in [2.24, 2.45) is 0 Å². The third-order valence-electron chi connectivity index (χ3n) is 3.67. The highest BCUT2D eigenvalue weighted by atomic mass is 15.0. The van der Waals surface area contributed by atoms with Crippen LogP contribution in [0.5, 0.6) is 0 Å². The highest BCUT2D eigenvalue weighted by Gasteiger charge is 2.05. The van der Waals surface area contributed by atoms with Gasteiger partial charge in [-0.3, -0.25) is 0 Å². The van der Waals surface area contributed by atoms with Crippen LogP contribution in [-0.2, 0) is 6.54 Å². The van der Waals surface area contributed by atoms with Crippen molar-refractivity contribution in [1.29, 1.82) is 0 Å². The molecule has 0 bridgehead atoms. The molecule has 0 radical (unpaired) electrons. The molecule has 0 aliphatic rings. The monoisotopic (exact) mass is 250 g/mol. The lowest BCUT2D eigenvalue weighted by Gasteiger charge is -2.07. The number of hydrogen-bond acceptors (Lipinski definition) is 1. The molecule has 1 heterocycles. The van der Waals surface area contributed by atoms with Crippen molar-refractivity contribution >= 4 is 11.0 Å². The van der Waals surface area contributed by atoms with Gasteiger partial charge < -0.3 is 4.57 Å². The highest BCUT2D eigenvalue weighted by Crippen LogP contribution is 2.19. The first-order valence-electron chi connectivity index (χ1n) is 6.61. The van der Waals surface area contributed by atoms with Crippen molar-refractivity contribution in [2.45, 2.75) is 27.3 Å². The molecule has 19 heavy (non-hydrogen) atoms. The van der Waals surface area contributed by atoms with E-state index in [1.807, 2.05) is 6.33 Å². The van der Waals surface area contributed by atoms with Crippen LogP contribution in [0.2, 0.25) is 0 Å². The molecule has 2 aromatic carbocycles. The zero-order chi connectivity index (χ0) is 13.4. The third-order valence-corrected chi connectivity index (χ3v) is 3.67. The van der Waals surface area contributed by atoms with E-state index in [2.05, 4.69) is 66.7 Å². The summed E-state index contributed by atoms with van der Waals surface area (Å²) in [5.74, 6) is 0. The first-order valence-corrected chi connectivity index (χ1v) is 6.61. The quantitative estimate of drug-likeness (QED) is 0.672. The van der Waals surface area contributed by atoms with Crippen LogP contribution in [0.1, 0.15) is 22.3 Å². The highest BCUT2D eigenvalue weighted by molar-refractivity contribution is 5.77. The maximum atomic E-state index is 4.50. The lowest BCUT2D eigenvalue weighted by Crippen LogP contribution is -1.98. The fourth-order valence-corrected chi connectivity index (χ4v) is 2.45. The Morgan fingerprint density at radius 1 is 1.00 bits per heavy atom. The van der Waals surface area contributed by atoms with E-state index in [9.17, 15) is 0 Å². The topological polar surface area (TPSA) is 17.8 Å². The summed E-state index contributed by atoms with van der Waals surface area (Å²) >= 11 is 0. The molecule has 0 saturated carbocycles. The first-order chi connectivity index (χ1) is 9.13. The minimum absolute atomic E-state index is 0.876. The van der Waals surface area contributed by atoms with Gasteiger partial charge in [-0.25, -0.2) is 4.98 Å². The first kappa shape index (κ1) is 12.0. The Morgan fingerprint density at radius 3 is 2.58 bits per heavy atom. The minimum Gasteiger partial charge on any atom is -0.326 e. The van der Waals surface area contributed by atoms with E-state index >= 15 is 0 Å². The van der Waals surface area contributed by atoms with Gasteiger partial charge in [0.05, 0.1) is 17.4 Å². The van der Waals surface area contributed by atoms with Crippen LogP contribution in [0.4, 0.5) is 0 Å². The van der Waals surface area contributed by atoms with Gasteiger partial charge in [0.25, 0.3) is 0 Å². The Bertz CT molecular complexity index is 738. The van der Waals surface area contributed by atoms with Crippen molar-refractivity contribution in [2.75, 3.05) is 0 Å². The molecule has 0 unspecified atom stereocenters. The third kappa shape index (κ3) is 2.26. The molecule has 2 heteroatoms. The molecular weight excluding hydrogens is 232 g/mol. The molecular formula is C17H18N2. The number of fused-ring (bicyclic) bond motifs is 1. The van der Waals surface area contributed by atoms with E-state index in [1.54, 1.807) is 0 Å². The molecule has 0 aliphatic heterocycles. The van der Waals surface area contributed by atoms with E-state index in [0.29, 0.717) is 0 Å². The number of rotatable bonds is 2. The van der Waals surface area contributed by atoms with Gasteiger partial charge in [0, 0.05) is 6.54 Å². The predicted octanol–water partition coefficient (Wildman–Crippen LogP) is 4.01. The normalized spacial score (nSPS) is 11.1. The number of imidazole rings is 1. The maximum absolute atomic E-state index is 4.50. The largest absolute Gasteiger partial charge is 0.326 e. The maximum Gasteiger partial charge on any atom is 0.0961 e. The van der Waals surface area contributed by atoms with Gasteiger partial charge in [-0.2, -0.15) is 0 Å². The van der Waals surface area contributed by atoms with Gasteiger partial charge in [0.1, 0.15) is 0 Å². The van der Waals surface area contributed by atoms with Crippen molar-refractivity contribution in [3.63, 3.8) is 0 Å². The van der Waals surface area contributed by atoms with E-state index in [4.69, 9.17) is 0 Å². The predicted molar refractivity (Wildman–Crippen MR) is 79.5 cm³/mol. The molecule has 0 atom stereocenters. The molecule has 0 amide bonds. The molecule has 3 rings (SSSR count). The number of aryl methyl sites for hydroxylation is 3. The summed E-state index contributed by atoms with van der Waals surface area (Å²) < 4.78 is 2.22. The second-order valence-corrected chi connectivity index (χ2v) is 5.29. The second-order valence-electron chi connectivity index (χ2n) is 5.29. The van der Waals surface area contributed by atoms with Gasteiger partial charge >= 0.3 is 0 Å². The van der Waals surface area contributed by atoms with Crippen LogP contribution >= 0.6 is 0 Å². The Labute approximate surface area is 113 Å². The van der Waals surface area contributed by atoms with E-state index in [1.165, 1.54) is 27.8 Å². The standard InChI is InChI=1S/C17H18N2/c1-12-5-4-6-15(7-12)10-19-11-18-16-8-13(2)14(3)9-17(16)19/h4-9,11H,10H2,1-3H3. The summed E-state index contributed by atoms with van der Waals surface area (Å²) in [6.07, 6.45) is 1.94. The van der Waals surface area contributed by atoms with E-state index < -0.39 is 0 Å². The van der Waals surface area contributed by atoms with Gasteiger partial charge in [-0.05, 0) is 49.6 Å². The Hall–Kier alpha value is -2.09. The smallest absolute Gasteiger partial charge is 0.0961 e.